The molecule has 0 bridgehead atoms. The Hall–Kier alpha value is -0.820. The monoisotopic (exact) mass is 233 g/mol. The van der Waals surface area contributed by atoms with Crippen LogP contribution in [0.25, 0.3) is 0 Å². The molecule has 0 heterocycles. The first kappa shape index (κ1) is 14.2. The van der Waals surface area contributed by atoms with Crippen LogP contribution in [-0.2, 0) is 13.0 Å². The summed E-state index contributed by atoms with van der Waals surface area (Å²) in [5.74, 6) is 1.51. The molecule has 1 unspecified atom stereocenters. The SMILES string of the molecule is CCC(C)CNCc1ccc(CC(C)C)cc1. The van der Waals surface area contributed by atoms with Crippen LogP contribution >= 0.6 is 0 Å². The summed E-state index contributed by atoms with van der Waals surface area (Å²) in [6.07, 6.45) is 2.43. The largest absolute Gasteiger partial charge is 0.312 e. The second kappa shape index (κ2) is 7.50. The third-order valence-electron chi connectivity index (χ3n) is 3.19. The molecule has 1 rings (SSSR count). The van der Waals surface area contributed by atoms with Crippen molar-refractivity contribution >= 4 is 0 Å². The fraction of sp³-hybridized carbons (Fsp3) is 0.625. The molecule has 17 heavy (non-hydrogen) atoms. The number of rotatable bonds is 7. The molecule has 0 radical (unpaired) electrons. The van der Waals surface area contributed by atoms with Crippen molar-refractivity contribution in [3.05, 3.63) is 35.4 Å². The van der Waals surface area contributed by atoms with Gasteiger partial charge in [-0.05, 0) is 35.9 Å². The quantitative estimate of drug-likeness (QED) is 0.750. The molecular weight excluding hydrogens is 206 g/mol. The van der Waals surface area contributed by atoms with E-state index in [1.807, 2.05) is 0 Å². The molecular formula is C16H27N. The highest BCUT2D eigenvalue weighted by atomic mass is 14.8. The van der Waals surface area contributed by atoms with E-state index in [0.717, 1.165) is 24.9 Å². The lowest BCUT2D eigenvalue weighted by Crippen LogP contribution is -2.20. The topological polar surface area (TPSA) is 12.0 Å². The molecule has 0 aromatic heterocycles. The molecule has 1 atom stereocenters. The first-order valence-electron chi connectivity index (χ1n) is 6.90. The van der Waals surface area contributed by atoms with E-state index in [1.165, 1.54) is 24.0 Å². The van der Waals surface area contributed by atoms with Gasteiger partial charge in [0.05, 0.1) is 0 Å². The van der Waals surface area contributed by atoms with Gasteiger partial charge in [-0.25, -0.2) is 0 Å². The van der Waals surface area contributed by atoms with Crippen molar-refractivity contribution in [2.75, 3.05) is 6.54 Å². The number of nitrogens with one attached hydrogen (secondary N) is 1. The minimum atomic E-state index is 0.740. The van der Waals surface area contributed by atoms with Crippen LogP contribution in [0.1, 0.15) is 45.2 Å². The highest BCUT2D eigenvalue weighted by Crippen LogP contribution is 2.09. The fourth-order valence-corrected chi connectivity index (χ4v) is 1.87. The smallest absolute Gasteiger partial charge is 0.0205 e. The van der Waals surface area contributed by atoms with Crippen LogP contribution in [0.3, 0.4) is 0 Å². The predicted molar refractivity (Wildman–Crippen MR) is 76.1 cm³/mol. The lowest BCUT2D eigenvalue weighted by molar-refractivity contribution is 0.500. The Morgan fingerprint density at radius 1 is 1.00 bits per heavy atom. The van der Waals surface area contributed by atoms with Gasteiger partial charge in [0.2, 0.25) is 0 Å². The van der Waals surface area contributed by atoms with Crippen molar-refractivity contribution in [3.63, 3.8) is 0 Å². The molecule has 0 aliphatic rings. The molecule has 1 nitrogen and oxygen atoms in total. The Morgan fingerprint density at radius 3 is 2.12 bits per heavy atom. The van der Waals surface area contributed by atoms with Crippen LogP contribution in [0.5, 0.6) is 0 Å². The van der Waals surface area contributed by atoms with Crippen molar-refractivity contribution < 1.29 is 0 Å². The Kier molecular flexibility index (Phi) is 6.28. The van der Waals surface area contributed by atoms with E-state index >= 15 is 0 Å². The van der Waals surface area contributed by atoms with E-state index in [-0.39, 0.29) is 0 Å². The van der Waals surface area contributed by atoms with Crippen molar-refractivity contribution in [1.29, 1.82) is 0 Å². The number of hydrogen-bond acceptors (Lipinski definition) is 1. The summed E-state index contributed by atoms with van der Waals surface area (Å²) < 4.78 is 0. The summed E-state index contributed by atoms with van der Waals surface area (Å²) in [7, 11) is 0. The van der Waals surface area contributed by atoms with Gasteiger partial charge in [-0.15, -0.1) is 0 Å². The minimum Gasteiger partial charge on any atom is -0.312 e. The van der Waals surface area contributed by atoms with E-state index in [2.05, 4.69) is 57.3 Å². The van der Waals surface area contributed by atoms with E-state index in [0.29, 0.717) is 0 Å². The van der Waals surface area contributed by atoms with Gasteiger partial charge >= 0.3 is 0 Å². The first-order chi connectivity index (χ1) is 8.11. The Morgan fingerprint density at radius 2 is 1.59 bits per heavy atom. The normalized spacial score (nSPS) is 13.0. The van der Waals surface area contributed by atoms with Crippen LogP contribution < -0.4 is 5.32 Å². The minimum absolute atomic E-state index is 0.740. The van der Waals surface area contributed by atoms with Crippen LogP contribution in [0.2, 0.25) is 0 Å². The average molecular weight is 233 g/mol. The van der Waals surface area contributed by atoms with Crippen LogP contribution in [0.4, 0.5) is 0 Å². The highest BCUT2D eigenvalue weighted by molar-refractivity contribution is 5.22. The zero-order valence-corrected chi connectivity index (χ0v) is 11.8. The van der Waals surface area contributed by atoms with E-state index < -0.39 is 0 Å². The first-order valence-corrected chi connectivity index (χ1v) is 6.90. The molecule has 0 saturated heterocycles. The average Bonchev–Trinajstić information content (AvgIpc) is 2.30. The van der Waals surface area contributed by atoms with Gasteiger partial charge < -0.3 is 5.32 Å². The van der Waals surface area contributed by atoms with Gasteiger partial charge in [0, 0.05) is 6.54 Å². The number of benzene rings is 1. The summed E-state index contributed by atoms with van der Waals surface area (Å²) in [6.45, 7) is 11.2. The van der Waals surface area contributed by atoms with E-state index in [4.69, 9.17) is 0 Å². The summed E-state index contributed by atoms with van der Waals surface area (Å²) in [4.78, 5) is 0. The molecule has 1 aromatic rings. The lowest BCUT2D eigenvalue weighted by Gasteiger charge is -2.10. The highest BCUT2D eigenvalue weighted by Gasteiger charge is 2.00. The second-order valence-corrected chi connectivity index (χ2v) is 5.56. The van der Waals surface area contributed by atoms with Crippen LogP contribution in [0, 0.1) is 11.8 Å². The maximum Gasteiger partial charge on any atom is 0.0205 e. The van der Waals surface area contributed by atoms with Gasteiger partial charge in [0.25, 0.3) is 0 Å². The third kappa shape index (κ3) is 5.88. The molecule has 1 N–H and O–H groups in total. The molecule has 0 spiro atoms. The Balaban J connectivity index is 2.35. The second-order valence-electron chi connectivity index (χ2n) is 5.56. The van der Waals surface area contributed by atoms with Gasteiger partial charge in [0.15, 0.2) is 0 Å². The van der Waals surface area contributed by atoms with Crippen LogP contribution in [0.15, 0.2) is 24.3 Å². The number of hydrogen-bond donors (Lipinski definition) is 1. The lowest BCUT2D eigenvalue weighted by atomic mass is 10.0. The summed E-state index contributed by atoms with van der Waals surface area (Å²) >= 11 is 0. The molecule has 96 valence electrons. The van der Waals surface area contributed by atoms with Crippen LogP contribution in [-0.4, -0.2) is 6.54 Å². The zero-order chi connectivity index (χ0) is 12.7. The standard InChI is InChI=1S/C16H27N/c1-5-14(4)11-17-12-16-8-6-15(7-9-16)10-13(2)3/h6-9,13-14,17H,5,10-12H2,1-4H3. The van der Waals surface area contributed by atoms with Gasteiger partial charge in [-0.2, -0.15) is 0 Å². The molecule has 0 aliphatic heterocycles. The molecule has 1 heteroatoms. The molecule has 0 amide bonds. The van der Waals surface area contributed by atoms with Crippen molar-refractivity contribution in [3.8, 4) is 0 Å². The predicted octanol–water partition coefficient (Wildman–Crippen LogP) is 4.02. The summed E-state index contributed by atoms with van der Waals surface area (Å²) in [5.41, 5.74) is 2.84. The molecule has 1 aromatic carbocycles. The zero-order valence-electron chi connectivity index (χ0n) is 11.8. The van der Waals surface area contributed by atoms with Gasteiger partial charge in [-0.3, -0.25) is 0 Å². The van der Waals surface area contributed by atoms with E-state index in [1.54, 1.807) is 0 Å². The van der Waals surface area contributed by atoms with Crippen molar-refractivity contribution in [2.45, 2.75) is 47.1 Å². The van der Waals surface area contributed by atoms with Gasteiger partial charge in [-0.1, -0.05) is 58.4 Å². The van der Waals surface area contributed by atoms with Crippen molar-refractivity contribution in [1.82, 2.24) is 5.32 Å². The third-order valence-corrected chi connectivity index (χ3v) is 3.19. The fourth-order valence-electron chi connectivity index (χ4n) is 1.87. The molecule has 0 saturated carbocycles. The van der Waals surface area contributed by atoms with Gasteiger partial charge in [0.1, 0.15) is 0 Å². The Bertz CT molecular complexity index is 300. The molecule has 0 fully saturated rings. The van der Waals surface area contributed by atoms with Crippen molar-refractivity contribution in [2.24, 2.45) is 11.8 Å². The maximum absolute atomic E-state index is 3.51. The summed E-state index contributed by atoms with van der Waals surface area (Å²) in [5, 5.41) is 3.51. The molecule has 0 aliphatic carbocycles. The summed E-state index contributed by atoms with van der Waals surface area (Å²) in [6, 6.07) is 9.03. The van der Waals surface area contributed by atoms with E-state index in [9.17, 15) is 0 Å². The Labute approximate surface area is 107 Å². The maximum atomic E-state index is 3.51.